The molecule has 0 saturated heterocycles. The van der Waals surface area contributed by atoms with Gasteiger partial charge in [0.2, 0.25) is 10.0 Å². The first-order chi connectivity index (χ1) is 20.9. The van der Waals surface area contributed by atoms with Crippen molar-refractivity contribution in [2.24, 2.45) is 0 Å². The third kappa shape index (κ3) is 8.92. The Kier molecular flexibility index (Phi) is 11.2. The summed E-state index contributed by atoms with van der Waals surface area (Å²) in [6, 6.07) is 14.7. The van der Waals surface area contributed by atoms with Crippen LogP contribution in [0.2, 0.25) is 5.02 Å². The summed E-state index contributed by atoms with van der Waals surface area (Å²) in [5, 5.41) is 16.1. The fourth-order valence-corrected chi connectivity index (χ4v) is 5.37. The Morgan fingerprint density at radius 2 is 1.53 bits per heavy atom. The summed E-state index contributed by atoms with van der Waals surface area (Å²) < 4.78 is 32.1. The molecule has 0 saturated carbocycles. The van der Waals surface area contributed by atoms with Crippen molar-refractivity contribution in [3.8, 4) is 11.5 Å². The molecule has 1 unspecified atom stereocenters. The first-order valence-corrected chi connectivity index (χ1v) is 17.2. The lowest BCUT2D eigenvalue weighted by Crippen LogP contribution is -2.33. The molecular formula is C34H44ClN3O6S. The number of para-hydroxylation sites is 1. The van der Waals surface area contributed by atoms with Crippen molar-refractivity contribution in [3.05, 3.63) is 76.3 Å². The van der Waals surface area contributed by atoms with E-state index >= 15 is 0 Å². The molecule has 3 aromatic carbocycles. The van der Waals surface area contributed by atoms with E-state index < -0.39 is 27.9 Å². The number of hydrogen-bond acceptors (Lipinski definition) is 6. The lowest BCUT2D eigenvalue weighted by atomic mass is 9.76. The number of rotatable bonds is 13. The van der Waals surface area contributed by atoms with Crippen molar-refractivity contribution in [2.75, 3.05) is 21.6 Å². The summed E-state index contributed by atoms with van der Waals surface area (Å²) in [7, 11) is -3.64. The van der Waals surface area contributed by atoms with E-state index in [-0.39, 0.29) is 44.2 Å². The lowest BCUT2D eigenvalue weighted by molar-refractivity contribution is -0.122. The minimum Gasteiger partial charge on any atom is -0.506 e. The van der Waals surface area contributed by atoms with E-state index in [1.54, 1.807) is 12.1 Å². The van der Waals surface area contributed by atoms with E-state index in [1.807, 2.05) is 13.0 Å². The van der Waals surface area contributed by atoms with Gasteiger partial charge in [0, 0.05) is 11.6 Å². The number of phenolic OH excluding ortho intramolecular Hbond substituents is 1. The van der Waals surface area contributed by atoms with Crippen LogP contribution in [0.4, 0.5) is 17.1 Å². The Bertz CT molecular complexity index is 1670. The second kappa shape index (κ2) is 14.1. The quantitative estimate of drug-likeness (QED) is 0.138. The standard InChI is InChI=1S/C34H44ClN3O6S/c1-9-29(44-30-17-16-21(33(4,5)10-2)18-23(30)34(6,7)11-3)32(41)36-26-20-28(39)27(19-24(26)35)37-31(40)22-14-12-13-15-25(22)38-45(8,42)43/h12-20,29,38-39H,9-11H2,1-8H3,(H,36,41)(H,37,40). The highest BCUT2D eigenvalue weighted by atomic mass is 35.5. The number of carbonyl (C=O) groups is 2. The van der Waals surface area contributed by atoms with Gasteiger partial charge in [-0.3, -0.25) is 14.3 Å². The van der Waals surface area contributed by atoms with Crippen LogP contribution in [0.25, 0.3) is 0 Å². The number of aromatic hydroxyl groups is 1. The number of benzene rings is 3. The minimum atomic E-state index is -3.64. The molecule has 3 aromatic rings. The van der Waals surface area contributed by atoms with E-state index in [0.29, 0.717) is 12.2 Å². The molecule has 0 fully saturated rings. The largest absolute Gasteiger partial charge is 0.506 e. The Hall–Kier alpha value is -3.76. The number of hydrogen-bond donors (Lipinski definition) is 4. The highest BCUT2D eigenvalue weighted by Gasteiger charge is 2.29. The SMILES string of the molecule is CCC(Oc1ccc(C(C)(C)CC)cc1C(C)(C)CC)C(=O)Nc1cc(O)c(NC(=O)c2ccccc2NS(C)(=O)=O)cc1Cl. The number of sulfonamides is 1. The number of halogens is 1. The Labute approximate surface area is 271 Å². The van der Waals surface area contributed by atoms with Crippen LogP contribution in [0.5, 0.6) is 11.5 Å². The molecular weight excluding hydrogens is 614 g/mol. The zero-order valence-electron chi connectivity index (χ0n) is 27.2. The molecule has 9 nitrogen and oxygen atoms in total. The summed E-state index contributed by atoms with van der Waals surface area (Å²) in [4.78, 5) is 26.4. The van der Waals surface area contributed by atoms with Gasteiger partial charge in [0.1, 0.15) is 11.5 Å². The van der Waals surface area contributed by atoms with Crippen LogP contribution in [0, 0.1) is 0 Å². The molecule has 3 rings (SSSR count). The molecule has 0 spiro atoms. The van der Waals surface area contributed by atoms with Crippen LogP contribution < -0.4 is 20.1 Å². The highest BCUT2D eigenvalue weighted by Crippen LogP contribution is 2.39. The summed E-state index contributed by atoms with van der Waals surface area (Å²) in [5.41, 5.74) is 2.24. The average Bonchev–Trinajstić information content (AvgIpc) is 2.97. The molecule has 0 heterocycles. The number of amides is 2. The van der Waals surface area contributed by atoms with Gasteiger partial charge in [-0.25, -0.2) is 8.42 Å². The smallest absolute Gasteiger partial charge is 0.265 e. The molecule has 4 N–H and O–H groups in total. The van der Waals surface area contributed by atoms with Gasteiger partial charge in [0.05, 0.1) is 33.9 Å². The first-order valence-electron chi connectivity index (χ1n) is 15.0. The normalized spacial score (nSPS) is 12.7. The van der Waals surface area contributed by atoms with Crippen LogP contribution in [0.3, 0.4) is 0 Å². The van der Waals surface area contributed by atoms with Crippen molar-refractivity contribution in [2.45, 2.75) is 84.7 Å². The molecule has 0 bridgehead atoms. The predicted molar refractivity (Wildman–Crippen MR) is 182 cm³/mol. The Balaban J connectivity index is 1.83. The maximum atomic E-state index is 13.4. The van der Waals surface area contributed by atoms with Crippen LogP contribution in [-0.4, -0.2) is 37.7 Å². The first kappa shape index (κ1) is 35.7. The van der Waals surface area contributed by atoms with Crippen LogP contribution in [0.1, 0.15) is 89.2 Å². The van der Waals surface area contributed by atoms with Crippen molar-refractivity contribution < 1.29 is 27.9 Å². The Morgan fingerprint density at radius 3 is 2.13 bits per heavy atom. The van der Waals surface area contributed by atoms with E-state index in [4.69, 9.17) is 16.3 Å². The maximum absolute atomic E-state index is 13.4. The summed E-state index contributed by atoms with van der Waals surface area (Å²) in [6.07, 6.45) is 2.35. The fraction of sp³-hybridized carbons (Fsp3) is 0.412. The Morgan fingerprint density at radius 1 is 0.889 bits per heavy atom. The van der Waals surface area contributed by atoms with Gasteiger partial charge < -0.3 is 20.5 Å². The second-order valence-corrected chi connectivity index (χ2v) is 14.6. The molecule has 45 heavy (non-hydrogen) atoms. The molecule has 0 radical (unpaired) electrons. The molecule has 0 aliphatic rings. The third-order valence-corrected chi connectivity index (χ3v) is 9.15. The zero-order valence-corrected chi connectivity index (χ0v) is 28.7. The molecule has 0 aromatic heterocycles. The van der Waals surface area contributed by atoms with E-state index in [0.717, 1.165) is 24.7 Å². The molecule has 244 valence electrons. The average molecular weight is 658 g/mol. The van der Waals surface area contributed by atoms with Crippen LogP contribution >= 0.6 is 11.6 Å². The maximum Gasteiger partial charge on any atom is 0.265 e. The van der Waals surface area contributed by atoms with Gasteiger partial charge in [-0.15, -0.1) is 0 Å². The van der Waals surface area contributed by atoms with Gasteiger partial charge in [-0.2, -0.15) is 0 Å². The monoisotopic (exact) mass is 657 g/mol. The second-order valence-electron chi connectivity index (χ2n) is 12.4. The van der Waals surface area contributed by atoms with Gasteiger partial charge in [0.15, 0.2) is 6.10 Å². The van der Waals surface area contributed by atoms with Crippen LogP contribution in [-0.2, 0) is 25.6 Å². The summed E-state index contributed by atoms with van der Waals surface area (Å²) in [6.45, 7) is 14.9. The molecule has 0 aliphatic heterocycles. The molecule has 11 heteroatoms. The van der Waals surface area contributed by atoms with Gasteiger partial charge >= 0.3 is 0 Å². The zero-order chi connectivity index (χ0) is 33.7. The van der Waals surface area contributed by atoms with Crippen molar-refractivity contribution in [1.82, 2.24) is 0 Å². The number of carbonyl (C=O) groups excluding carboxylic acids is 2. The minimum absolute atomic E-state index is 0.0144. The lowest BCUT2D eigenvalue weighted by Gasteiger charge is -2.31. The highest BCUT2D eigenvalue weighted by molar-refractivity contribution is 7.92. The van der Waals surface area contributed by atoms with Gasteiger partial charge in [0.25, 0.3) is 11.8 Å². The van der Waals surface area contributed by atoms with E-state index in [2.05, 4.69) is 69.0 Å². The van der Waals surface area contributed by atoms with E-state index in [9.17, 15) is 23.1 Å². The fourth-order valence-electron chi connectivity index (χ4n) is 4.58. The number of ether oxygens (including phenoxy) is 1. The van der Waals surface area contributed by atoms with Gasteiger partial charge in [-0.05, 0) is 59.9 Å². The van der Waals surface area contributed by atoms with Crippen molar-refractivity contribution in [1.29, 1.82) is 0 Å². The third-order valence-electron chi connectivity index (χ3n) is 8.25. The van der Waals surface area contributed by atoms with E-state index in [1.165, 1.54) is 29.8 Å². The topological polar surface area (TPSA) is 134 Å². The van der Waals surface area contributed by atoms with Crippen LogP contribution in [0.15, 0.2) is 54.6 Å². The molecule has 2 amide bonds. The van der Waals surface area contributed by atoms with Crippen molar-refractivity contribution in [3.63, 3.8) is 0 Å². The molecule has 0 aliphatic carbocycles. The number of anilines is 3. The number of nitrogens with one attached hydrogen (secondary N) is 3. The predicted octanol–water partition coefficient (Wildman–Crippen LogP) is 7.84. The summed E-state index contributed by atoms with van der Waals surface area (Å²) >= 11 is 6.47. The van der Waals surface area contributed by atoms with Gasteiger partial charge in [-0.1, -0.05) is 84.3 Å². The van der Waals surface area contributed by atoms with Crippen molar-refractivity contribution >= 4 is 50.5 Å². The summed E-state index contributed by atoms with van der Waals surface area (Å²) in [5.74, 6) is -0.845. The number of phenols is 1. The molecule has 1 atom stereocenters.